The van der Waals surface area contributed by atoms with Gasteiger partial charge in [-0.15, -0.1) is 0 Å². The third-order valence-electron chi connectivity index (χ3n) is 3.12. The summed E-state index contributed by atoms with van der Waals surface area (Å²) in [7, 11) is 0. The zero-order valence-corrected chi connectivity index (χ0v) is 11.6. The van der Waals surface area contributed by atoms with Gasteiger partial charge in [0.15, 0.2) is 0 Å². The van der Waals surface area contributed by atoms with Crippen LogP contribution in [0.3, 0.4) is 0 Å². The number of carboxylic acids is 1. The molecule has 0 saturated carbocycles. The lowest BCUT2D eigenvalue weighted by Crippen LogP contribution is -2.40. The third kappa shape index (κ3) is 4.23. The summed E-state index contributed by atoms with van der Waals surface area (Å²) in [6.45, 7) is 5.34. The minimum Gasteiger partial charge on any atom is -0.480 e. The fourth-order valence-corrected chi connectivity index (χ4v) is 1.90. The van der Waals surface area contributed by atoms with Gasteiger partial charge in [-0.3, -0.25) is 4.79 Å². The molecule has 0 aromatic heterocycles. The van der Waals surface area contributed by atoms with Crippen molar-refractivity contribution in [3.05, 3.63) is 34.9 Å². The molecular formula is C14H18F3NO2. The number of benzene rings is 1. The summed E-state index contributed by atoms with van der Waals surface area (Å²) < 4.78 is 37.6. The van der Waals surface area contributed by atoms with Gasteiger partial charge in [0.25, 0.3) is 0 Å². The average molecular weight is 289 g/mol. The molecule has 0 radical (unpaired) electrons. The van der Waals surface area contributed by atoms with Crippen molar-refractivity contribution in [2.45, 2.75) is 39.5 Å². The number of aryl methyl sites for hydroxylation is 1. The van der Waals surface area contributed by atoms with E-state index in [1.807, 2.05) is 0 Å². The molecule has 1 aromatic carbocycles. The Hall–Kier alpha value is -1.56. The van der Waals surface area contributed by atoms with E-state index in [4.69, 9.17) is 5.11 Å². The Labute approximate surface area is 115 Å². The molecule has 0 fully saturated rings. The van der Waals surface area contributed by atoms with Crippen molar-refractivity contribution in [3.8, 4) is 0 Å². The van der Waals surface area contributed by atoms with Gasteiger partial charge < -0.3 is 10.4 Å². The maximum Gasteiger partial charge on any atom is 0.416 e. The number of aliphatic carboxylic acids is 1. The maximum atomic E-state index is 12.5. The van der Waals surface area contributed by atoms with Crippen LogP contribution < -0.4 is 5.32 Å². The first-order valence-electron chi connectivity index (χ1n) is 6.26. The highest BCUT2D eigenvalue weighted by atomic mass is 19.4. The molecule has 2 N–H and O–H groups in total. The van der Waals surface area contributed by atoms with Crippen LogP contribution in [0.1, 0.15) is 30.5 Å². The van der Waals surface area contributed by atoms with Crippen LogP contribution in [0.25, 0.3) is 0 Å². The topological polar surface area (TPSA) is 49.3 Å². The fraction of sp³-hybridized carbons (Fsp3) is 0.500. The van der Waals surface area contributed by atoms with Crippen molar-refractivity contribution in [2.75, 3.05) is 0 Å². The standard InChI is InChI=1S/C14H18F3NO2/c1-8(2)12(13(19)20)18-7-10-4-5-11(6-9(10)3)14(15,16)17/h4-6,8,12,18H,7H2,1-3H3,(H,19,20)/t12-/m0/s1. The molecule has 1 atom stereocenters. The lowest BCUT2D eigenvalue weighted by atomic mass is 10.0. The number of halogens is 3. The molecular weight excluding hydrogens is 271 g/mol. The largest absolute Gasteiger partial charge is 0.480 e. The quantitative estimate of drug-likeness (QED) is 0.875. The van der Waals surface area contributed by atoms with E-state index in [2.05, 4.69) is 5.32 Å². The van der Waals surface area contributed by atoms with Gasteiger partial charge in [0.1, 0.15) is 6.04 Å². The van der Waals surface area contributed by atoms with Crippen LogP contribution in [0, 0.1) is 12.8 Å². The van der Waals surface area contributed by atoms with Crippen LogP contribution in [0.5, 0.6) is 0 Å². The van der Waals surface area contributed by atoms with Gasteiger partial charge in [0.2, 0.25) is 0 Å². The summed E-state index contributed by atoms with van der Waals surface area (Å²) in [4.78, 5) is 11.0. The van der Waals surface area contributed by atoms with E-state index in [-0.39, 0.29) is 12.5 Å². The van der Waals surface area contributed by atoms with Crippen molar-refractivity contribution in [1.82, 2.24) is 5.32 Å². The van der Waals surface area contributed by atoms with Crippen molar-refractivity contribution >= 4 is 5.97 Å². The SMILES string of the molecule is Cc1cc(C(F)(F)F)ccc1CN[C@H](C(=O)O)C(C)C. The number of rotatable bonds is 5. The zero-order valence-electron chi connectivity index (χ0n) is 11.6. The van der Waals surface area contributed by atoms with Crippen LogP contribution in [-0.2, 0) is 17.5 Å². The van der Waals surface area contributed by atoms with Gasteiger partial charge in [-0.1, -0.05) is 19.9 Å². The second-order valence-electron chi connectivity index (χ2n) is 5.08. The smallest absolute Gasteiger partial charge is 0.416 e. The molecule has 0 aliphatic carbocycles. The molecule has 0 aliphatic rings. The van der Waals surface area contributed by atoms with Gasteiger partial charge in [-0.05, 0) is 36.1 Å². The van der Waals surface area contributed by atoms with E-state index < -0.39 is 23.8 Å². The van der Waals surface area contributed by atoms with E-state index in [1.165, 1.54) is 6.07 Å². The molecule has 20 heavy (non-hydrogen) atoms. The molecule has 0 spiro atoms. The fourth-order valence-electron chi connectivity index (χ4n) is 1.90. The minimum atomic E-state index is -4.36. The first-order chi connectivity index (χ1) is 9.12. The monoisotopic (exact) mass is 289 g/mol. The van der Waals surface area contributed by atoms with Gasteiger partial charge in [-0.2, -0.15) is 13.2 Å². The predicted molar refractivity (Wildman–Crippen MR) is 69.3 cm³/mol. The highest BCUT2D eigenvalue weighted by molar-refractivity contribution is 5.73. The van der Waals surface area contributed by atoms with Crippen molar-refractivity contribution < 1.29 is 23.1 Å². The Balaban J connectivity index is 2.82. The molecule has 0 saturated heterocycles. The molecule has 112 valence electrons. The Morgan fingerprint density at radius 3 is 2.35 bits per heavy atom. The third-order valence-corrected chi connectivity index (χ3v) is 3.12. The van der Waals surface area contributed by atoms with Crippen LogP contribution in [0.15, 0.2) is 18.2 Å². The molecule has 3 nitrogen and oxygen atoms in total. The second-order valence-corrected chi connectivity index (χ2v) is 5.08. The number of hydrogen-bond acceptors (Lipinski definition) is 2. The maximum absolute atomic E-state index is 12.5. The average Bonchev–Trinajstić information content (AvgIpc) is 2.28. The van der Waals surface area contributed by atoms with E-state index in [1.54, 1.807) is 20.8 Å². The Kier molecular flexibility index (Phi) is 5.16. The predicted octanol–water partition coefficient (Wildman–Crippen LogP) is 3.21. The van der Waals surface area contributed by atoms with Crippen LogP contribution in [0.4, 0.5) is 13.2 Å². The van der Waals surface area contributed by atoms with Crippen molar-refractivity contribution in [3.63, 3.8) is 0 Å². The summed E-state index contributed by atoms with van der Waals surface area (Å²) in [5.41, 5.74) is 0.447. The molecule has 0 bridgehead atoms. The molecule has 0 aliphatic heterocycles. The van der Waals surface area contributed by atoms with E-state index >= 15 is 0 Å². The highest BCUT2D eigenvalue weighted by Gasteiger charge is 2.30. The first-order valence-corrected chi connectivity index (χ1v) is 6.26. The number of carbonyl (C=O) groups is 1. The van der Waals surface area contributed by atoms with E-state index in [9.17, 15) is 18.0 Å². The number of carboxylic acid groups (broad SMARTS) is 1. The second kappa shape index (κ2) is 6.26. The van der Waals surface area contributed by atoms with Crippen LogP contribution >= 0.6 is 0 Å². The molecule has 1 rings (SSSR count). The Morgan fingerprint density at radius 2 is 1.95 bits per heavy atom. The molecule has 0 unspecified atom stereocenters. The summed E-state index contributed by atoms with van der Waals surface area (Å²) in [6, 6.07) is 2.73. The van der Waals surface area contributed by atoms with E-state index in [0.29, 0.717) is 11.1 Å². The summed E-state index contributed by atoms with van der Waals surface area (Å²) in [6.07, 6.45) is -4.36. The number of alkyl halides is 3. The van der Waals surface area contributed by atoms with Gasteiger partial charge in [0.05, 0.1) is 5.56 Å². The lowest BCUT2D eigenvalue weighted by Gasteiger charge is -2.19. The normalized spacial score (nSPS) is 13.6. The van der Waals surface area contributed by atoms with Crippen molar-refractivity contribution in [1.29, 1.82) is 0 Å². The molecule has 0 amide bonds. The van der Waals surface area contributed by atoms with Gasteiger partial charge in [0, 0.05) is 6.54 Å². The zero-order chi connectivity index (χ0) is 15.5. The minimum absolute atomic E-state index is 0.109. The van der Waals surface area contributed by atoms with Crippen molar-refractivity contribution in [2.24, 2.45) is 5.92 Å². The summed E-state index contributed by atoms with van der Waals surface area (Å²) in [5.74, 6) is -1.08. The summed E-state index contributed by atoms with van der Waals surface area (Å²) >= 11 is 0. The Morgan fingerprint density at radius 1 is 1.35 bits per heavy atom. The van der Waals surface area contributed by atoms with Crippen LogP contribution in [0.2, 0.25) is 0 Å². The Bertz CT molecular complexity index is 484. The highest BCUT2D eigenvalue weighted by Crippen LogP contribution is 2.30. The molecule has 1 aromatic rings. The van der Waals surface area contributed by atoms with Crippen LogP contribution in [-0.4, -0.2) is 17.1 Å². The van der Waals surface area contributed by atoms with E-state index in [0.717, 1.165) is 12.1 Å². The number of nitrogens with one attached hydrogen (secondary N) is 1. The molecule has 6 heteroatoms. The van der Waals surface area contributed by atoms with Gasteiger partial charge >= 0.3 is 12.1 Å². The van der Waals surface area contributed by atoms with Gasteiger partial charge in [-0.25, -0.2) is 0 Å². The summed E-state index contributed by atoms with van der Waals surface area (Å²) in [5, 5.41) is 11.9. The molecule has 0 heterocycles. The number of hydrogen-bond donors (Lipinski definition) is 2. The lowest BCUT2D eigenvalue weighted by molar-refractivity contribution is -0.140. The first kappa shape index (κ1) is 16.5.